The molecule has 1 rings (SSSR count). The van der Waals surface area contributed by atoms with Crippen LogP contribution in [0.5, 0.6) is 5.75 Å². The first-order chi connectivity index (χ1) is 8.23. The Morgan fingerprint density at radius 1 is 1.11 bits per heavy atom. The first kappa shape index (κ1) is 15.6. The number of hydrogen-bond acceptors (Lipinski definition) is 5. The lowest BCUT2D eigenvalue weighted by atomic mass is 10.1. The van der Waals surface area contributed by atoms with Crippen molar-refractivity contribution in [3.8, 4) is 5.75 Å². The van der Waals surface area contributed by atoms with Gasteiger partial charge in [-0.2, -0.15) is 0 Å². The number of aromatic carboxylic acids is 1. The van der Waals surface area contributed by atoms with Gasteiger partial charge in [-0.15, -0.1) is 0 Å². The molecule has 6 heteroatoms. The summed E-state index contributed by atoms with van der Waals surface area (Å²) in [5.41, 5.74) is 0.781. The fraction of sp³-hybridized carbons (Fsp3) is 0.250. The van der Waals surface area contributed by atoms with Crippen LogP contribution in [0.3, 0.4) is 0 Å². The van der Waals surface area contributed by atoms with E-state index in [0.29, 0.717) is 0 Å². The average molecular weight is 254 g/mol. The van der Waals surface area contributed by atoms with E-state index in [1.807, 2.05) is 0 Å². The minimum atomic E-state index is -1.11. The van der Waals surface area contributed by atoms with E-state index in [0.717, 1.165) is 5.56 Å². The van der Waals surface area contributed by atoms with Gasteiger partial charge in [0, 0.05) is 13.8 Å². The normalized spacial score (nSPS) is 8.83. The van der Waals surface area contributed by atoms with E-state index in [1.54, 1.807) is 13.0 Å². The van der Waals surface area contributed by atoms with Crippen LogP contribution in [0.15, 0.2) is 18.2 Å². The molecule has 18 heavy (non-hydrogen) atoms. The Hall–Kier alpha value is -2.37. The molecule has 0 saturated carbocycles. The third kappa shape index (κ3) is 6.26. The van der Waals surface area contributed by atoms with E-state index in [-0.39, 0.29) is 11.3 Å². The lowest BCUT2D eigenvalue weighted by Crippen LogP contribution is -2.03. The highest BCUT2D eigenvalue weighted by atomic mass is 16.6. The fourth-order valence-electron chi connectivity index (χ4n) is 1.02. The lowest BCUT2D eigenvalue weighted by molar-refractivity contribution is -0.156. The number of ether oxygens (including phenoxy) is 1. The van der Waals surface area contributed by atoms with E-state index in [1.165, 1.54) is 26.0 Å². The molecule has 0 radical (unpaired) electrons. The first-order valence-corrected chi connectivity index (χ1v) is 4.96. The number of carboxylic acids is 1. The number of esters is 2. The predicted octanol–water partition coefficient (Wildman–Crippen LogP) is 1.49. The topological polar surface area (TPSA) is 101 Å². The van der Waals surface area contributed by atoms with Crippen LogP contribution in [-0.4, -0.2) is 28.1 Å². The summed E-state index contributed by atoms with van der Waals surface area (Å²) in [6, 6.07) is 4.44. The Balaban J connectivity index is 0.000000360. The van der Waals surface area contributed by atoms with Crippen LogP contribution >= 0.6 is 0 Å². The maximum Gasteiger partial charge on any atom is 0.339 e. The number of carbonyl (C=O) groups excluding carboxylic acids is 2. The molecule has 0 fully saturated rings. The number of aromatic hydroxyl groups is 1. The number of carboxylic acid groups (broad SMARTS) is 1. The number of phenols is 1. The van der Waals surface area contributed by atoms with Crippen molar-refractivity contribution in [1.82, 2.24) is 0 Å². The van der Waals surface area contributed by atoms with Crippen molar-refractivity contribution in [1.29, 1.82) is 0 Å². The molecule has 0 heterocycles. The number of rotatable bonds is 1. The van der Waals surface area contributed by atoms with Gasteiger partial charge in [-0.25, -0.2) is 4.79 Å². The van der Waals surface area contributed by atoms with E-state index in [9.17, 15) is 14.4 Å². The molecule has 0 aliphatic carbocycles. The summed E-state index contributed by atoms with van der Waals surface area (Å²) >= 11 is 0. The zero-order valence-corrected chi connectivity index (χ0v) is 10.3. The fourth-order valence-corrected chi connectivity index (χ4v) is 1.02. The Morgan fingerprint density at radius 2 is 1.61 bits per heavy atom. The Morgan fingerprint density at radius 3 is 1.89 bits per heavy atom. The second-order valence-corrected chi connectivity index (χ2v) is 3.41. The molecule has 98 valence electrons. The van der Waals surface area contributed by atoms with Crippen LogP contribution in [-0.2, 0) is 14.3 Å². The van der Waals surface area contributed by atoms with E-state index >= 15 is 0 Å². The smallest absolute Gasteiger partial charge is 0.339 e. The Bertz CT molecular complexity index is 452. The van der Waals surface area contributed by atoms with Crippen LogP contribution < -0.4 is 0 Å². The van der Waals surface area contributed by atoms with Gasteiger partial charge in [0.05, 0.1) is 0 Å². The van der Waals surface area contributed by atoms with E-state index < -0.39 is 17.9 Å². The molecule has 0 saturated heterocycles. The third-order valence-electron chi connectivity index (χ3n) is 1.67. The summed E-state index contributed by atoms with van der Waals surface area (Å²) in [5, 5.41) is 17.6. The van der Waals surface area contributed by atoms with Crippen molar-refractivity contribution < 1.29 is 29.3 Å². The van der Waals surface area contributed by atoms with Gasteiger partial charge in [-0.1, -0.05) is 6.07 Å². The maximum atomic E-state index is 10.4. The highest BCUT2D eigenvalue weighted by molar-refractivity contribution is 5.90. The molecule has 1 aromatic rings. The number of benzene rings is 1. The molecule has 6 nitrogen and oxygen atoms in total. The zero-order valence-electron chi connectivity index (χ0n) is 10.3. The summed E-state index contributed by atoms with van der Waals surface area (Å²) in [4.78, 5) is 30.0. The van der Waals surface area contributed by atoms with Gasteiger partial charge in [0.25, 0.3) is 0 Å². The van der Waals surface area contributed by atoms with E-state index in [2.05, 4.69) is 4.74 Å². The van der Waals surface area contributed by atoms with Gasteiger partial charge < -0.3 is 14.9 Å². The molecule has 2 N–H and O–H groups in total. The van der Waals surface area contributed by atoms with E-state index in [4.69, 9.17) is 10.2 Å². The van der Waals surface area contributed by atoms with Crippen molar-refractivity contribution >= 4 is 17.9 Å². The SMILES string of the molecule is CC(=O)OC(C)=O.Cc1ccc(C(=O)O)c(O)c1. The van der Waals surface area contributed by atoms with Gasteiger partial charge >= 0.3 is 17.9 Å². The van der Waals surface area contributed by atoms with Crippen LogP contribution in [0.25, 0.3) is 0 Å². The van der Waals surface area contributed by atoms with Crippen molar-refractivity contribution in [2.45, 2.75) is 20.8 Å². The molecule has 0 aromatic heterocycles. The predicted molar refractivity (Wildman–Crippen MR) is 62.3 cm³/mol. The summed E-state index contributed by atoms with van der Waals surface area (Å²) in [6.07, 6.45) is 0. The quantitative estimate of drug-likeness (QED) is 0.581. The van der Waals surface area contributed by atoms with Crippen LogP contribution in [0.2, 0.25) is 0 Å². The standard InChI is InChI=1S/C8H8O3.C4H6O3/c1-5-2-3-6(8(10)11)7(9)4-5;1-3(5)7-4(2)6/h2-4,9H,1H3,(H,10,11);1-2H3. The molecule has 1 aromatic carbocycles. The van der Waals surface area contributed by atoms with Gasteiger partial charge in [-0.3, -0.25) is 9.59 Å². The molecule has 0 unspecified atom stereocenters. The molecule has 0 aliphatic heterocycles. The maximum absolute atomic E-state index is 10.4. The summed E-state index contributed by atoms with van der Waals surface area (Å²) in [7, 11) is 0. The van der Waals surface area contributed by atoms with Crippen LogP contribution in [0.1, 0.15) is 29.8 Å². The number of carbonyl (C=O) groups is 3. The summed E-state index contributed by atoms with van der Waals surface area (Å²) < 4.78 is 3.97. The molecule has 0 atom stereocenters. The monoisotopic (exact) mass is 254 g/mol. The molecular formula is C12H14O6. The van der Waals surface area contributed by atoms with Gasteiger partial charge in [-0.05, 0) is 24.6 Å². The second-order valence-electron chi connectivity index (χ2n) is 3.41. The number of hydrogen-bond donors (Lipinski definition) is 2. The van der Waals surface area contributed by atoms with Gasteiger partial charge in [0.15, 0.2) is 0 Å². The van der Waals surface area contributed by atoms with Crippen LogP contribution in [0, 0.1) is 6.92 Å². The molecule has 0 bridgehead atoms. The first-order valence-electron chi connectivity index (χ1n) is 4.96. The van der Waals surface area contributed by atoms with Gasteiger partial charge in [0.2, 0.25) is 0 Å². The summed E-state index contributed by atoms with van der Waals surface area (Å²) in [6.45, 7) is 4.15. The average Bonchev–Trinajstić information content (AvgIpc) is 2.14. The minimum absolute atomic E-state index is 0.0596. The zero-order chi connectivity index (χ0) is 14.3. The number of aryl methyl sites for hydroxylation is 1. The highest BCUT2D eigenvalue weighted by Gasteiger charge is 2.07. The van der Waals surface area contributed by atoms with Gasteiger partial charge in [0.1, 0.15) is 11.3 Å². The second kappa shape index (κ2) is 7.05. The molecule has 0 spiro atoms. The largest absolute Gasteiger partial charge is 0.507 e. The molecular weight excluding hydrogens is 240 g/mol. The Labute approximate surface area is 104 Å². The van der Waals surface area contributed by atoms with Crippen molar-refractivity contribution in [2.24, 2.45) is 0 Å². The van der Waals surface area contributed by atoms with Crippen molar-refractivity contribution in [2.75, 3.05) is 0 Å². The Kier molecular flexibility index (Phi) is 6.12. The van der Waals surface area contributed by atoms with Crippen LogP contribution in [0.4, 0.5) is 0 Å². The lowest BCUT2D eigenvalue weighted by Gasteiger charge is -1.98. The molecule has 0 aliphatic rings. The van der Waals surface area contributed by atoms with Crippen molar-refractivity contribution in [3.05, 3.63) is 29.3 Å². The molecule has 0 amide bonds. The summed E-state index contributed by atoms with van der Waals surface area (Å²) in [5.74, 6) is -2.42. The highest BCUT2D eigenvalue weighted by Crippen LogP contribution is 2.17. The van der Waals surface area contributed by atoms with Crippen molar-refractivity contribution in [3.63, 3.8) is 0 Å². The third-order valence-corrected chi connectivity index (χ3v) is 1.67. The minimum Gasteiger partial charge on any atom is -0.507 e.